The minimum atomic E-state index is 0.551. The van der Waals surface area contributed by atoms with Crippen molar-refractivity contribution in [1.82, 2.24) is 0 Å². The van der Waals surface area contributed by atoms with E-state index in [1.807, 2.05) is 0 Å². The molecule has 2 aromatic carbocycles. The van der Waals surface area contributed by atoms with Crippen LogP contribution in [0.1, 0.15) is 25.3 Å². The number of rotatable bonds is 1. The van der Waals surface area contributed by atoms with Gasteiger partial charge in [-0.05, 0) is 28.3 Å². The molecule has 0 aliphatic rings. The highest BCUT2D eigenvalue weighted by molar-refractivity contribution is 9.10. The first kappa shape index (κ1) is 9.72. The number of fused-ring (bicyclic) bond motifs is 1. The van der Waals surface area contributed by atoms with Crippen molar-refractivity contribution >= 4 is 26.7 Å². The third kappa shape index (κ3) is 1.57. The Bertz CT molecular complexity index is 458. The minimum Gasteiger partial charge on any atom is -0.0616 e. The summed E-state index contributed by atoms with van der Waals surface area (Å²) in [4.78, 5) is 0. The van der Waals surface area contributed by atoms with Crippen molar-refractivity contribution in [2.45, 2.75) is 19.8 Å². The first-order valence-corrected chi connectivity index (χ1v) is 5.66. The first-order valence-electron chi connectivity index (χ1n) is 4.87. The number of halogens is 1. The van der Waals surface area contributed by atoms with Crippen LogP contribution in [0, 0.1) is 0 Å². The molecule has 0 aliphatic carbocycles. The van der Waals surface area contributed by atoms with Crippen LogP contribution in [0.5, 0.6) is 0 Å². The molecular formula is C13H13Br. The fourth-order valence-electron chi connectivity index (χ4n) is 1.86. The first-order chi connectivity index (χ1) is 6.70. The normalized spacial score (nSPS) is 11.1. The van der Waals surface area contributed by atoms with Crippen molar-refractivity contribution in [3.05, 3.63) is 46.4 Å². The van der Waals surface area contributed by atoms with Crippen LogP contribution in [0.3, 0.4) is 0 Å². The lowest BCUT2D eigenvalue weighted by molar-refractivity contribution is 0.871. The van der Waals surface area contributed by atoms with E-state index < -0.39 is 0 Å². The maximum absolute atomic E-state index is 3.62. The summed E-state index contributed by atoms with van der Waals surface area (Å²) in [5.74, 6) is 0.551. The van der Waals surface area contributed by atoms with Crippen LogP contribution >= 0.6 is 15.9 Å². The molecule has 0 unspecified atom stereocenters. The summed E-state index contributed by atoms with van der Waals surface area (Å²) in [6, 6.07) is 12.8. The van der Waals surface area contributed by atoms with Gasteiger partial charge in [-0.25, -0.2) is 0 Å². The Labute approximate surface area is 93.1 Å². The molecule has 0 radical (unpaired) electrons. The average Bonchev–Trinajstić information content (AvgIpc) is 2.17. The fraction of sp³-hybridized carbons (Fsp3) is 0.231. The SMILES string of the molecule is CC(C)c1c(Br)ccc2ccccc12. The molecule has 2 aromatic rings. The summed E-state index contributed by atoms with van der Waals surface area (Å²) in [5.41, 5.74) is 1.41. The zero-order valence-corrected chi connectivity index (χ0v) is 10.0. The minimum absolute atomic E-state index is 0.551. The van der Waals surface area contributed by atoms with E-state index in [0.717, 1.165) is 0 Å². The van der Waals surface area contributed by atoms with Gasteiger partial charge in [-0.3, -0.25) is 0 Å². The van der Waals surface area contributed by atoms with E-state index in [-0.39, 0.29) is 0 Å². The summed E-state index contributed by atoms with van der Waals surface area (Å²) in [7, 11) is 0. The molecule has 0 spiro atoms. The Morgan fingerprint density at radius 3 is 2.43 bits per heavy atom. The molecular weight excluding hydrogens is 236 g/mol. The molecule has 14 heavy (non-hydrogen) atoms. The number of hydrogen-bond acceptors (Lipinski definition) is 0. The van der Waals surface area contributed by atoms with E-state index in [1.54, 1.807) is 0 Å². The van der Waals surface area contributed by atoms with E-state index in [2.05, 4.69) is 66.2 Å². The smallest absolute Gasteiger partial charge is 0.0216 e. The van der Waals surface area contributed by atoms with Crippen molar-refractivity contribution in [1.29, 1.82) is 0 Å². The predicted octanol–water partition coefficient (Wildman–Crippen LogP) is 4.73. The standard InChI is InChI=1S/C13H13Br/c1-9(2)13-11-6-4-3-5-10(11)7-8-12(13)14/h3-9H,1-2H3. The van der Waals surface area contributed by atoms with Gasteiger partial charge < -0.3 is 0 Å². The molecule has 0 nitrogen and oxygen atoms in total. The summed E-state index contributed by atoms with van der Waals surface area (Å²) >= 11 is 3.62. The van der Waals surface area contributed by atoms with Gasteiger partial charge in [0.15, 0.2) is 0 Å². The van der Waals surface area contributed by atoms with Gasteiger partial charge >= 0.3 is 0 Å². The Morgan fingerprint density at radius 2 is 1.71 bits per heavy atom. The van der Waals surface area contributed by atoms with Gasteiger partial charge in [-0.15, -0.1) is 0 Å². The summed E-state index contributed by atoms with van der Waals surface area (Å²) < 4.78 is 1.21. The van der Waals surface area contributed by atoms with Crippen LogP contribution in [-0.2, 0) is 0 Å². The Morgan fingerprint density at radius 1 is 1.00 bits per heavy atom. The van der Waals surface area contributed by atoms with Gasteiger partial charge in [0.2, 0.25) is 0 Å². The zero-order chi connectivity index (χ0) is 10.1. The van der Waals surface area contributed by atoms with Gasteiger partial charge in [0.25, 0.3) is 0 Å². The van der Waals surface area contributed by atoms with E-state index in [0.29, 0.717) is 5.92 Å². The van der Waals surface area contributed by atoms with E-state index in [9.17, 15) is 0 Å². The van der Waals surface area contributed by atoms with Gasteiger partial charge in [0, 0.05) is 4.47 Å². The summed E-state index contributed by atoms with van der Waals surface area (Å²) in [6.45, 7) is 4.46. The largest absolute Gasteiger partial charge is 0.0616 e. The second-order valence-electron chi connectivity index (χ2n) is 3.84. The summed E-state index contributed by atoms with van der Waals surface area (Å²) in [5, 5.41) is 2.68. The summed E-state index contributed by atoms with van der Waals surface area (Å²) in [6.07, 6.45) is 0. The topological polar surface area (TPSA) is 0 Å². The van der Waals surface area contributed by atoms with Crippen LogP contribution in [-0.4, -0.2) is 0 Å². The van der Waals surface area contributed by atoms with Gasteiger partial charge in [0.1, 0.15) is 0 Å². The number of hydrogen-bond donors (Lipinski definition) is 0. The maximum atomic E-state index is 3.62. The van der Waals surface area contributed by atoms with Crippen LogP contribution in [0.15, 0.2) is 40.9 Å². The van der Waals surface area contributed by atoms with Crippen molar-refractivity contribution in [3.63, 3.8) is 0 Å². The zero-order valence-electron chi connectivity index (χ0n) is 8.42. The van der Waals surface area contributed by atoms with Gasteiger partial charge in [-0.2, -0.15) is 0 Å². The lowest BCUT2D eigenvalue weighted by Gasteiger charge is -2.12. The molecule has 1 heteroatoms. The highest BCUT2D eigenvalue weighted by Gasteiger charge is 2.08. The molecule has 0 bridgehead atoms. The molecule has 72 valence electrons. The van der Waals surface area contributed by atoms with E-state index in [4.69, 9.17) is 0 Å². The highest BCUT2D eigenvalue weighted by atomic mass is 79.9. The van der Waals surface area contributed by atoms with Crippen LogP contribution in [0.25, 0.3) is 10.8 Å². The van der Waals surface area contributed by atoms with Crippen LogP contribution in [0.2, 0.25) is 0 Å². The fourth-order valence-corrected chi connectivity index (χ4v) is 2.66. The molecule has 0 atom stereocenters. The Balaban J connectivity index is 2.83. The highest BCUT2D eigenvalue weighted by Crippen LogP contribution is 2.31. The van der Waals surface area contributed by atoms with Gasteiger partial charge in [0.05, 0.1) is 0 Å². The quantitative estimate of drug-likeness (QED) is 0.685. The lowest BCUT2D eigenvalue weighted by atomic mass is 9.96. The molecule has 0 saturated heterocycles. The molecule has 0 aliphatic heterocycles. The molecule has 2 rings (SSSR count). The van der Waals surface area contributed by atoms with Gasteiger partial charge in [-0.1, -0.05) is 60.1 Å². The third-order valence-electron chi connectivity index (χ3n) is 2.49. The molecule has 0 heterocycles. The van der Waals surface area contributed by atoms with E-state index in [1.165, 1.54) is 20.8 Å². The maximum Gasteiger partial charge on any atom is 0.0216 e. The van der Waals surface area contributed by atoms with Crippen LogP contribution < -0.4 is 0 Å². The Kier molecular flexibility index (Phi) is 2.60. The molecule has 0 fully saturated rings. The molecule has 0 N–H and O–H groups in total. The molecule has 0 aromatic heterocycles. The van der Waals surface area contributed by atoms with Crippen molar-refractivity contribution in [3.8, 4) is 0 Å². The third-order valence-corrected chi connectivity index (χ3v) is 3.19. The van der Waals surface area contributed by atoms with Crippen LogP contribution in [0.4, 0.5) is 0 Å². The molecule has 0 amide bonds. The van der Waals surface area contributed by atoms with Crippen molar-refractivity contribution in [2.24, 2.45) is 0 Å². The van der Waals surface area contributed by atoms with Crippen molar-refractivity contribution in [2.75, 3.05) is 0 Å². The second kappa shape index (κ2) is 3.74. The predicted molar refractivity (Wildman–Crippen MR) is 65.7 cm³/mol. The van der Waals surface area contributed by atoms with Crippen molar-refractivity contribution < 1.29 is 0 Å². The number of benzene rings is 2. The van der Waals surface area contributed by atoms with E-state index >= 15 is 0 Å². The second-order valence-corrected chi connectivity index (χ2v) is 4.69. The molecule has 0 saturated carbocycles. The monoisotopic (exact) mass is 248 g/mol. The lowest BCUT2D eigenvalue weighted by Crippen LogP contribution is -1.90. The Hall–Kier alpha value is -0.820. The average molecular weight is 249 g/mol.